The Kier molecular flexibility index (Phi) is 5.56. The molecule has 1 saturated heterocycles. The summed E-state index contributed by atoms with van der Waals surface area (Å²) in [5.41, 5.74) is 5.10. The van der Waals surface area contributed by atoms with Gasteiger partial charge >= 0.3 is 0 Å². The van der Waals surface area contributed by atoms with E-state index in [0.29, 0.717) is 32.6 Å². The summed E-state index contributed by atoms with van der Waals surface area (Å²) in [5, 5.41) is 10.4. The van der Waals surface area contributed by atoms with E-state index in [0.717, 1.165) is 6.42 Å². The maximum atomic E-state index is 12.1. The molecule has 0 aliphatic carbocycles. The zero-order valence-electron chi connectivity index (χ0n) is 11.7. The predicted octanol–water partition coefficient (Wildman–Crippen LogP) is 0.360. The summed E-state index contributed by atoms with van der Waals surface area (Å²) in [4.78, 5) is 13.7. The van der Waals surface area contributed by atoms with E-state index in [1.807, 2.05) is 13.8 Å². The lowest BCUT2D eigenvalue weighted by Gasteiger charge is -2.36. The summed E-state index contributed by atoms with van der Waals surface area (Å²) in [5.74, 6) is 0.0635. The SMILES string of the molecule is CC[C@H](C)[C@H](N)C(=O)N(C)CC1(O)CCOCC1. The summed E-state index contributed by atoms with van der Waals surface area (Å²) in [6.45, 7) is 5.43. The second-order valence-corrected chi connectivity index (χ2v) is 5.44. The van der Waals surface area contributed by atoms with Crippen LogP contribution in [-0.4, -0.2) is 54.4 Å². The van der Waals surface area contributed by atoms with E-state index in [-0.39, 0.29) is 11.8 Å². The van der Waals surface area contributed by atoms with E-state index < -0.39 is 11.6 Å². The van der Waals surface area contributed by atoms with Crippen molar-refractivity contribution >= 4 is 5.91 Å². The maximum Gasteiger partial charge on any atom is 0.239 e. The molecule has 3 N–H and O–H groups in total. The minimum absolute atomic E-state index is 0.0933. The van der Waals surface area contributed by atoms with Crippen molar-refractivity contribution in [3.05, 3.63) is 0 Å². The van der Waals surface area contributed by atoms with E-state index in [1.54, 1.807) is 11.9 Å². The van der Waals surface area contributed by atoms with Crippen molar-refractivity contribution in [3.8, 4) is 0 Å². The second-order valence-electron chi connectivity index (χ2n) is 5.44. The Morgan fingerprint density at radius 3 is 2.56 bits per heavy atom. The molecule has 1 amide bonds. The predicted molar refractivity (Wildman–Crippen MR) is 70.1 cm³/mol. The molecule has 5 nitrogen and oxygen atoms in total. The highest BCUT2D eigenvalue weighted by Gasteiger charge is 2.34. The molecule has 1 aliphatic heterocycles. The average Bonchev–Trinajstić information content (AvgIpc) is 2.36. The van der Waals surface area contributed by atoms with E-state index in [4.69, 9.17) is 10.5 Å². The van der Waals surface area contributed by atoms with Crippen LogP contribution in [-0.2, 0) is 9.53 Å². The van der Waals surface area contributed by atoms with Crippen LogP contribution in [0.1, 0.15) is 33.1 Å². The van der Waals surface area contributed by atoms with Gasteiger partial charge in [-0.05, 0) is 5.92 Å². The van der Waals surface area contributed by atoms with Crippen LogP contribution in [0.15, 0.2) is 0 Å². The van der Waals surface area contributed by atoms with Crippen molar-refractivity contribution in [2.24, 2.45) is 11.7 Å². The quantitative estimate of drug-likeness (QED) is 0.746. The number of amides is 1. The van der Waals surface area contributed by atoms with Gasteiger partial charge in [0.1, 0.15) is 0 Å². The zero-order chi connectivity index (χ0) is 13.8. The highest BCUT2D eigenvalue weighted by atomic mass is 16.5. The van der Waals surface area contributed by atoms with Crippen molar-refractivity contribution in [2.75, 3.05) is 26.8 Å². The van der Waals surface area contributed by atoms with Crippen LogP contribution in [0.2, 0.25) is 0 Å². The molecule has 0 aromatic rings. The van der Waals surface area contributed by atoms with Crippen molar-refractivity contribution < 1.29 is 14.6 Å². The molecule has 106 valence electrons. The summed E-state index contributed by atoms with van der Waals surface area (Å²) in [6, 6.07) is -0.483. The molecule has 1 fully saturated rings. The van der Waals surface area contributed by atoms with E-state index in [1.165, 1.54) is 0 Å². The fourth-order valence-corrected chi connectivity index (χ4v) is 2.18. The van der Waals surface area contributed by atoms with Gasteiger partial charge in [0.15, 0.2) is 0 Å². The van der Waals surface area contributed by atoms with Crippen molar-refractivity contribution in [3.63, 3.8) is 0 Å². The molecule has 0 radical (unpaired) electrons. The topological polar surface area (TPSA) is 75.8 Å². The maximum absolute atomic E-state index is 12.1. The molecule has 2 atom stereocenters. The number of ether oxygens (including phenoxy) is 1. The number of hydrogen-bond donors (Lipinski definition) is 2. The number of aliphatic hydroxyl groups is 1. The van der Waals surface area contributed by atoms with Gasteiger partial charge in [-0.2, -0.15) is 0 Å². The number of rotatable bonds is 5. The molecule has 0 saturated carbocycles. The number of hydrogen-bond acceptors (Lipinski definition) is 4. The lowest BCUT2D eigenvalue weighted by molar-refractivity contribution is -0.139. The first-order valence-electron chi connectivity index (χ1n) is 6.70. The molecule has 0 aromatic carbocycles. The molecule has 1 aliphatic rings. The number of nitrogens with zero attached hydrogens (tertiary/aromatic N) is 1. The van der Waals surface area contributed by atoms with Gasteiger partial charge in [0.2, 0.25) is 5.91 Å². The van der Waals surface area contributed by atoms with Gasteiger partial charge in [0.25, 0.3) is 0 Å². The third-order valence-electron chi connectivity index (χ3n) is 3.87. The molecule has 0 aromatic heterocycles. The second kappa shape index (κ2) is 6.50. The van der Waals surface area contributed by atoms with E-state index in [2.05, 4.69) is 0 Å². The highest BCUT2D eigenvalue weighted by Crippen LogP contribution is 2.21. The van der Waals surface area contributed by atoms with Crippen LogP contribution in [0, 0.1) is 5.92 Å². The monoisotopic (exact) mass is 258 g/mol. The van der Waals surface area contributed by atoms with E-state index >= 15 is 0 Å². The Morgan fingerprint density at radius 1 is 1.50 bits per heavy atom. The third-order valence-corrected chi connectivity index (χ3v) is 3.87. The van der Waals surface area contributed by atoms with Crippen LogP contribution >= 0.6 is 0 Å². The van der Waals surface area contributed by atoms with Crippen LogP contribution in [0.25, 0.3) is 0 Å². The van der Waals surface area contributed by atoms with Crippen LogP contribution in [0.3, 0.4) is 0 Å². The molecule has 0 unspecified atom stereocenters. The minimum Gasteiger partial charge on any atom is -0.388 e. The average molecular weight is 258 g/mol. The van der Waals surface area contributed by atoms with E-state index in [9.17, 15) is 9.90 Å². The summed E-state index contributed by atoms with van der Waals surface area (Å²) in [7, 11) is 1.71. The molecular formula is C13H26N2O3. The molecule has 18 heavy (non-hydrogen) atoms. The normalized spacial score (nSPS) is 22.3. The first kappa shape index (κ1) is 15.4. The lowest BCUT2D eigenvalue weighted by atomic mass is 9.93. The Hall–Kier alpha value is -0.650. The van der Waals surface area contributed by atoms with Gasteiger partial charge in [0, 0.05) is 39.6 Å². The summed E-state index contributed by atoms with van der Waals surface area (Å²) in [6.07, 6.45) is 2.02. The van der Waals surface area contributed by atoms with Crippen molar-refractivity contribution in [1.82, 2.24) is 4.90 Å². The van der Waals surface area contributed by atoms with Gasteiger partial charge < -0.3 is 20.5 Å². The smallest absolute Gasteiger partial charge is 0.239 e. The largest absolute Gasteiger partial charge is 0.388 e. The van der Waals surface area contributed by atoms with Gasteiger partial charge in [-0.15, -0.1) is 0 Å². The lowest BCUT2D eigenvalue weighted by Crippen LogP contribution is -2.52. The molecule has 0 bridgehead atoms. The molecule has 5 heteroatoms. The van der Waals surface area contributed by atoms with Gasteiger partial charge in [-0.1, -0.05) is 20.3 Å². The third kappa shape index (κ3) is 3.93. The number of carbonyl (C=O) groups is 1. The first-order valence-corrected chi connectivity index (χ1v) is 6.70. The van der Waals surface area contributed by atoms with Crippen molar-refractivity contribution in [2.45, 2.75) is 44.8 Å². The number of likely N-dealkylation sites (N-methyl/N-ethyl adjacent to an activating group) is 1. The molecule has 1 heterocycles. The first-order chi connectivity index (χ1) is 8.39. The highest BCUT2D eigenvalue weighted by molar-refractivity contribution is 5.81. The standard InChI is InChI=1S/C13H26N2O3/c1-4-10(2)11(14)12(16)15(3)9-13(17)5-7-18-8-6-13/h10-11,17H,4-9,14H2,1-3H3/t10-,11-/m0/s1. The van der Waals surface area contributed by atoms with Crippen LogP contribution < -0.4 is 5.73 Å². The minimum atomic E-state index is -0.822. The fourth-order valence-electron chi connectivity index (χ4n) is 2.18. The fraction of sp³-hybridized carbons (Fsp3) is 0.923. The van der Waals surface area contributed by atoms with Gasteiger partial charge in [-0.25, -0.2) is 0 Å². The van der Waals surface area contributed by atoms with Crippen molar-refractivity contribution in [1.29, 1.82) is 0 Å². The Balaban J connectivity index is 2.53. The molecule has 1 rings (SSSR count). The van der Waals surface area contributed by atoms with Gasteiger partial charge in [-0.3, -0.25) is 4.79 Å². The Morgan fingerprint density at radius 2 is 2.06 bits per heavy atom. The summed E-state index contributed by atoms with van der Waals surface area (Å²) >= 11 is 0. The molecular weight excluding hydrogens is 232 g/mol. The van der Waals surface area contributed by atoms with Crippen LogP contribution in [0.5, 0.6) is 0 Å². The number of nitrogens with two attached hydrogens (primary N) is 1. The van der Waals surface area contributed by atoms with Gasteiger partial charge in [0.05, 0.1) is 11.6 Å². The Bertz CT molecular complexity index is 277. The van der Waals surface area contributed by atoms with Crippen LogP contribution in [0.4, 0.5) is 0 Å². The molecule has 0 spiro atoms. The summed E-state index contributed by atoms with van der Waals surface area (Å²) < 4.78 is 5.22. The zero-order valence-corrected chi connectivity index (χ0v) is 11.7. The Labute approximate surface area is 109 Å². The number of carbonyl (C=O) groups excluding carboxylic acids is 1.